The number of ketones is 1. The molecule has 0 radical (unpaired) electrons. The van der Waals surface area contributed by atoms with E-state index in [9.17, 15) is 9.59 Å². The number of hydrogen-bond acceptors (Lipinski definition) is 5. The van der Waals surface area contributed by atoms with Crippen molar-refractivity contribution in [1.29, 1.82) is 0 Å². The van der Waals surface area contributed by atoms with Crippen molar-refractivity contribution in [2.75, 3.05) is 13.1 Å². The van der Waals surface area contributed by atoms with Crippen LogP contribution in [0.2, 0.25) is 0 Å². The fraction of sp³-hybridized carbons (Fsp3) is 0.320. The second-order valence-electron chi connectivity index (χ2n) is 8.02. The van der Waals surface area contributed by atoms with Crippen LogP contribution in [-0.4, -0.2) is 38.3 Å². The number of H-pyrrole nitrogens is 1. The molecule has 0 aliphatic carbocycles. The Labute approximate surface area is 191 Å². The van der Waals surface area contributed by atoms with E-state index in [1.807, 2.05) is 43.0 Å². The number of nitrogens with zero attached hydrogens (tertiary/aromatic N) is 3. The fourth-order valence-corrected chi connectivity index (χ4v) is 4.79. The average molecular weight is 449 g/mol. The lowest BCUT2D eigenvalue weighted by Gasteiger charge is -2.19. The van der Waals surface area contributed by atoms with Crippen molar-refractivity contribution in [1.82, 2.24) is 19.4 Å². The molecule has 1 N–H and O–H groups in total. The first-order chi connectivity index (χ1) is 15.5. The SMILES string of the molecule is CCN(CC(=O)c1cc(C)n(CCc2cccs2)c1C)Cc1nc2ccccc2c(=O)[nH]1. The minimum atomic E-state index is -0.151. The van der Waals surface area contributed by atoms with Gasteiger partial charge in [-0.15, -0.1) is 11.3 Å². The highest BCUT2D eigenvalue weighted by atomic mass is 32.1. The lowest BCUT2D eigenvalue weighted by Crippen LogP contribution is -2.31. The predicted octanol–water partition coefficient (Wildman–Crippen LogP) is 4.35. The van der Waals surface area contributed by atoms with E-state index in [4.69, 9.17) is 0 Å². The Balaban J connectivity index is 1.47. The standard InChI is InChI=1S/C25H28N4O2S/c1-4-28(16-24-26-22-10-6-5-9-20(22)25(31)27-24)15-23(30)21-14-17(2)29(18(21)3)12-11-19-8-7-13-32-19/h5-10,13-14H,4,11-12,15-16H2,1-3H3,(H,26,27,31). The van der Waals surface area contributed by atoms with Crippen LogP contribution in [0, 0.1) is 13.8 Å². The first kappa shape index (κ1) is 22.2. The summed E-state index contributed by atoms with van der Waals surface area (Å²) in [4.78, 5) is 36.3. The van der Waals surface area contributed by atoms with Crippen LogP contribution >= 0.6 is 11.3 Å². The van der Waals surface area contributed by atoms with Gasteiger partial charge in [-0.1, -0.05) is 25.1 Å². The molecule has 0 saturated heterocycles. The van der Waals surface area contributed by atoms with E-state index in [2.05, 4.69) is 39.0 Å². The lowest BCUT2D eigenvalue weighted by atomic mass is 10.1. The summed E-state index contributed by atoms with van der Waals surface area (Å²) in [6, 6.07) is 13.5. The van der Waals surface area contributed by atoms with Crippen molar-refractivity contribution in [3.05, 3.63) is 85.9 Å². The van der Waals surface area contributed by atoms with Gasteiger partial charge in [0.25, 0.3) is 5.56 Å². The Morgan fingerprint density at radius 1 is 1.19 bits per heavy atom. The molecule has 0 spiro atoms. The summed E-state index contributed by atoms with van der Waals surface area (Å²) < 4.78 is 2.23. The van der Waals surface area contributed by atoms with Gasteiger partial charge in [0.15, 0.2) is 5.78 Å². The third-order valence-corrected chi connectivity index (χ3v) is 6.82. The number of rotatable bonds is 9. The van der Waals surface area contributed by atoms with Crippen LogP contribution in [0.4, 0.5) is 0 Å². The minimum absolute atomic E-state index is 0.0884. The van der Waals surface area contributed by atoms with Crippen molar-refractivity contribution in [2.24, 2.45) is 0 Å². The summed E-state index contributed by atoms with van der Waals surface area (Å²) in [5.74, 6) is 0.662. The number of likely N-dealkylation sites (N-methyl/N-ethyl adjacent to an activating group) is 1. The van der Waals surface area contributed by atoms with Gasteiger partial charge in [-0.25, -0.2) is 4.98 Å². The molecule has 0 bridgehead atoms. The molecule has 7 heteroatoms. The quantitative estimate of drug-likeness (QED) is 0.387. The summed E-state index contributed by atoms with van der Waals surface area (Å²) in [6.07, 6.45) is 0.962. The highest BCUT2D eigenvalue weighted by Crippen LogP contribution is 2.19. The molecule has 0 amide bonds. The molecule has 1 aromatic carbocycles. The van der Waals surface area contributed by atoms with Gasteiger partial charge in [-0.05, 0) is 56.5 Å². The van der Waals surface area contributed by atoms with Gasteiger partial charge in [0.05, 0.1) is 24.0 Å². The molecule has 0 atom stereocenters. The second-order valence-corrected chi connectivity index (χ2v) is 9.05. The summed E-state index contributed by atoms with van der Waals surface area (Å²) in [7, 11) is 0. The largest absolute Gasteiger partial charge is 0.348 e. The van der Waals surface area contributed by atoms with Crippen LogP contribution in [0.1, 0.15) is 39.4 Å². The monoisotopic (exact) mass is 448 g/mol. The summed E-state index contributed by atoms with van der Waals surface area (Å²) in [6.45, 7) is 8.33. The van der Waals surface area contributed by atoms with E-state index in [1.165, 1.54) is 4.88 Å². The zero-order chi connectivity index (χ0) is 22.7. The number of aromatic nitrogens is 3. The molecule has 6 nitrogen and oxygen atoms in total. The molecule has 3 heterocycles. The number of benzene rings is 1. The number of Topliss-reactive ketones (excluding diaryl/α,β-unsaturated/α-hetero) is 1. The van der Waals surface area contributed by atoms with E-state index >= 15 is 0 Å². The maximum atomic E-state index is 13.2. The number of carbonyl (C=O) groups excluding carboxylic acids is 1. The van der Waals surface area contributed by atoms with E-state index in [0.717, 1.165) is 29.9 Å². The third kappa shape index (κ3) is 4.74. The Bertz CT molecular complexity index is 1290. The zero-order valence-electron chi connectivity index (χ0n) is 18.7. The Morgan fingerprint density at radius 3 is 2.75 bits per heavy atom. The number of fused-ring (bicyclic) bond motifs is 1. The first-order valence-corrected chi connectivity index (χ1v) is 11.8. The van der Waals surface area contributed by atoms with Crippen LogP contribution in [0.25, 0.3) is 10.9 Å². The van der Waals surface area contributed by atoms with Crippen molar-refractivity contribution in [3.8, 4) is 0 Å². The number of thiophene rings is 1. The minimum Gasteiger partial charge on any atom is -0.348 e. The predicted molar refractivity (Wildman–Crippen MR) is 130 cm³/mol. The molecule has 0 unspecified atom stereocenters. The molecule has 0 fully saturated rings. The smallest absolute Gasteiger partial charge is 0.258 e. The van der Waals surface area contributed by atoms with Crippen LogP contribution in [0.15, 0.2) is 52.6 Å². The van der Waals surface area contributed by atoms with E-state index in [-0.39, 0.29) is 17.9 Å². The number of aryl methyl sites for hydroxylation is 2. The Kier molecular flexibility index (Phi) is 6.67. The highest BCUT2D eigenvalue weighted by molar-refractivity contribution is 7.09. The normalized spacial score (nSPS) is 11.5. The molecular weight excluding hydrogens is 420 g/mol. The van der Waals surface area contributed by atoms with Crippen LogP contribution in [0.3, 0.4) is 0 Å². The fourth-order valence-electron chi connectivity index (χ4n) is 4.09. The molecule has 166 valence electrons. The number of aromatic amines is 1. The number of carbonyl (C=O) groups is 1. The van der Waals surface area contributed by atoms with Gasteiger partial charge in [0, 0.05) is 28.4 Å². The highest BCUT2D eigenvalue weighted by Gasteiger charge is 2.19. The lowest BCUT2D eigenvalue weighted by molar-refractivity contribution is 0.0927. The maximum Gasteiger partial charge on any atom is 0.258 e. The number of nitrogens with one attached hydrogen (secondary N) is 1. The van der Waals surface area contributed by atoms with E-state index in [1.54, 1.807) is 17.4 Å². The van der Waals surface area contributed by atoms with Crippen molar-refractivity contribution >= 4 is 28.0 Å². The van der Waals surface area contributed by atoms with Crippen molar-refractivity contribution in [3.63, 3.8) is 0 Å². The molecule has 4 aromatic rings. The van der Waals surface area contributed by atoms with Gasteiger partial charge in [0.2, 0.25) is 0 Å². The third-order valence-electron chi connectivity index (χ3n) is 5.89. The van der Waals surface area contributed by atoms with Crippen LogP contribution in [-0.2, 0) is 19.5 Å². The molecule has 3 aromatic heterocycles. The van der Waals surface area contributed by atoms with Crippen molar-refractivity contribution < 1.29 is 4.79 Å². The maximum absolute atomic E-state index is 13.2. The van der Waals surface area contributed by atoms with Gasteiger partial charge in [0.1, 0.15) is 5.82 Å². The topological polar surface area (TPSA) is 71.0 Å². The van der Waals surface area contributed by atoms with Crippen LogP contribution < -0.4 is 5.56 Å². The summed E-state index contributed by atoms with van der Waals surface area (Å²) >= 11 is 1.76. The first-order valence-electron chi connectivity index (χ1n) is 10.9. The van der Waals surface area contributed by atoms with Crippen molar-refractivity contribution in [2.45, 2.75) is 40.3 Å². The average Bonchev–Trinajstić information content (AvgIpc) is 3.39. The second kappa shape index (κ2) is 9.63. The Morgan fingerprint density at radius 2 is 2.00 bits per heavy atom. The van der Waals surface area contributed by atoms with Gasteiger partial charge in [-0.2, -0.15) is 0 Å². The van der Waals surface area contributed by atoms with Gasteiger partial charge >= 0.3 is 0 Å². The summed E-state index contributed by atoms with van der Waals surface area (Å²) in [5.41, 5.74) is 3.40. The number of hydrogen-bond donors (Lipinski definition) is 1. The molecule has 32 heavy (non-hydrogen) atoms. The molecule has 0 aliphatic rings. The molecule has 0 aliphatic heterocycles. The molecule has 0 saturated carbocycles. The summed E-state index contributed by atoms with van der Waals surface area (Å²) in [5, 5.41) is 2.67. The Hall–Kier alpha value is -3.03. The van der Waals surface area contributed by atoms with E-state index < -0.39 is 0 Å². The molecular formula is C25H28N4O2S. The zero-order valence-corrected chi connectivity index (χ0v) is 19.5. The van der Waals surface area contributed by atoms with Gasteiger partial charge < -0.3 is 9.55 Å². The van der Waals surface area contributed by atoms with E-state index in [0.29, 0.717) is 29.8 Å². The van der Waals surface area contributed by atoms with Crippen LogP contribution in [0.5, 0.6) is 0 Å². The number of para-hydroxylation sites is 1. The molecule has 4 rings (SSSR count). The van der Waals surface area contributed by atoms with Gasteiger partial charge in [-0.3, -0.25) is 14.5 Å².